The van der Waals surface area contributed by atoms with Gasteiger partial charge in [0.05, 0.1) is 0 Å². The number of ether oxygens (including phenoxy) is 1. The number of aromatic nitrogens is 1. The van der Waals surface area contributed by atoms with Crippen molar-refractivity contribution < 1.29 is 19.2 Å². The van der Waals surface area contributed by atoms with Crippen LogP contribution in [0.2, 0.25) is 0 Å². The number of carbonyl (C=O) groups is 2. The van der Waals surface area contributed by atoms with Crippen LogP contribution in [0.5, 0.6) is 0 Å². The fraction of sp³-hybridized carbons (Fsp3) is 0.294. The molecule has 1 fully saturated rings. The highest BCUT2D eigenvalue weighted by atomic mass is 16.8. The summed E-state index contributed by atoms with van der Waals surface area (Å²) in [5.74, 6) is -0.454. The Bertz CT molecular complexity index is 658. The van der Waals surface area contributed by atoms with Gasteiger partial charge in [-0.25, -0.2) is 10.3 Å². The van der Waals surface area contributed by atoms with Crippen LogP contribution in [-0.4, -0.2) is 29.6 Å². The number of aromatic amines is 1. The van der Waals surface area contributed by atoms with Crippen molar-refractivity contribution in [2.75, 3.05) is 6.61 Å². The number of hydrogen-bond acceptors (Lipinski definition) is 4. The van der Waals surface area contributed by atoms with E-state index in [2.05, 4.69) is 10.5 Å². The maximum absolute atomic E-state index is 12.2. The maximum atomic E-state index is 12.2. The molecule has 1 amide bonds. The van der Waals surface area contributed by atoms with Crippen molar-refractivity contribution in [2.24, 2.45) is 0 Å². The molecule has 2 heterocycles. The molecule has 2 aromatic rings. The van der Waals surface area contributed by atoms with Gasteiger partial charge >= 0.3 is 0 Å². The Hall–Kier alpha value is -2.44. The third-order valence-electron chi connectivity index (χ3n) is 3.69. The van der Waals surface area contributed by atoms with E-state index in [1.54, 1.807) is 42.7 Å². The van der Waals surface area contributed by atoms with E-state index in [1.165, 1.54) is 0 Å². The zero-order chi connectivity index (χ0) is 16.1. The molecular formula is C17H18N2O4. The van der Waals surface area contributed by atoms with Crippen LogP contribution in [0.25, 0.3) is 0 Å². The van der Waals surface area contributed by atoms with Crippen LogP contribution >= 0.6 is 0 Å². The van der Waals surface area contributed by atoms with Gasteiger partial charge in [0.2, 0.25) is 0 Å². The van der Waals surface area contributed by atoms with Gasteiger partial charge in [0.25, 0.3) is 5.91 Å². The highest BCUT2D eigenvalue weighted by Gasteiger charge is 2.16. The van der Waals surface area contributed by atoms with Gasteiger partial charge in [-0.1, -0.05) is 12.1 Å². The molecule has 1 aliphatic heterocycles. The zero-order valence-electron chi connectivity index (χ0n) is 12.6. The van der Waals surface area contributed by atoms with Crippen LogP contribution in [0.3, 0.4) is 0 Å². The summed E-state index contributed by atoms with van der Waals surface area (Å²) < 4.78 is 5.37. The quantitative estimate of drug-likeness (QED) is 0.656. The van der Waals surface area contributed by atoms with Crippen molar-refractivity contribution in [2.45, 2.75) is 25.6 Å². The number of carbonyl (C=O) groups excluding carboxylic acids is 2. The summed E-state index contributed by atoms with van der Waals surface area (Å²) in [5.41, 5.74) is 3.92. The highest BCUT2D eigenvalue weighted by molar-refractivity contribution is 6.09. The van der Waals surface area contributed by atoms with Crippen molar-refractivity contribution in [1.82, 2.24) is 10.5 Å². The number of H-pyrrole nitrogens is 1. The third-order valence-corrected chi connectivity index (χ3v) is 3.69. The number of benzene rings is 1. The molecule has 0 aliphatic carbocycles. The van der Waals surface area contributed by atoms with Crippen molar-refractivity contribution in [1.29, 1.82) is 0 Å². The first-order chi connectivity index (χ1) is 11.2. The summed E-state index contributed by atoms with van der Waals surface area (Å²) in [7, 11) is 0. The van der Waals surface area contributed by atoms with Crippen LogP contribution in [0.4, 0.5) is 0 Å². The first kappa shape index (κ1) is 15.5. The lowest BCUT2D eigenvalue weighted by Gasteiger charge is -2.22. The normalized spacial score (nSPS) is 17.7. The number of nitrogens with one attached hydrogen (secondary N) is 2. The lowest BCUT2D eigenvalue weighted by Crippen LogP contribution is -2.33. The molecule has 1 aromatic carbocycles. The molecule has 0 saturated carbocycles. The average molecular weight is 314 g/mol. The van der Waals surface area contributed by atoms with E-state index in [-0.39, 0.29) is 18.0 Å². The second kappa shape index (κ2) is 7.21. The second-order valence-electron chi connectivity index (χ2n) is 5.35. The summed E-state index contributed by atoms with van der Waals surface area (Å²) in [4.78, 5) is 32.3. The molecule has 6 nitrogen and oxygen atoms in total. The van der Waals surface area contributed by atoms with Crippen LogP contribution in [0.1, 0.15) is 45.5 Å². The van der Waals surface area contributed by atoms with Crippen LogP contribution in [-0.2, 0) is 9.57 Å². The minimum Gasteiger partial charge on any atom is -0.367 e. The molecule has 2 N–H and O–H groups in total. The molecule has 3 rings (SSSR count). The molecule has 0 spiro atoms. The van der Waals surface area contributed by atoms with Gasteiger partial charge < -0.3 is 9.72 Å². The number of amides is 1. The summed E-state index contributed by atoms with van der Waals surface area (Å²) in [6.07, 6.45) is 5.76. The van der Waals surface area contributed by atoms with E-state index in [0.29, 0.717) is 23.3 Å². The van der Waals surface area contributed by atoms with E-state index in [4.69, 9.17) is 9.57 Å². The smallest absolute Gasteiger partial charge is 0.274 e. The maximum Gasteiger partial charge on any atom is 0.274 e. The largest absolute Gasteiger partial charge is 0.367 e. The number of hydrogen-bond donors (Lipinski definition) is 2. The minimum absolute atomic E-state index is 0.0925. The Morgan fingerprint density at radius 3 is 2.52 bits per heavy atom. The van der Waals surface area contributed by atoms with Gasteiger partial charge in [-0.05, 0) is 31.0 Å². The van der Waals surface area contributed by atoms with Crippen molar-refractivity contribution in [3.63, 3.8) is 0 Å². The molecule has 120 valence electrons. The Labute approximate surface area is 133 Å². The second-order valence-corrected chi connectivity index (χ2v) is 5.35. The first-order valence-electron chi connectivity index (χ1n) is 7.59. The predicted molar refractivity (Wildman–Crippen MR) is 82.8 cm³/mol. The van der Waals surface area contributed by atoms with E-state index < -0.39 is 0 Å². The van der Waals surface area contributed by atoms with Gasteiger partial charge in [0, 0.05) is 42.1 Å². The average Bonchev–Trinajstić information content (AvgIpc) is 3.15. The van der Waals surface area contributed by atoms with E-state index >= 15 is 0 Å². The lowest BCUT2D eigenvalue weighted by atomic mass is 10.0. The van der Waals surface area contributed by atoms with Crippen LogP contribution in [0, 0.1) is 0 Å². The Morgan fingerprint density at radius 1 is 1.09 bits per heavy atom. The molecule has 1 aliphatic rings. The molecule has 0 bridgehead atoms. The molecular weight excluding hydrogens is 296 g/mol. The van der Waals surface area contributed by atoms with Crippen molar-refractivity contribution in [3.8, 4) is 0 Å². The molecule has 0 radical (unpaired) electrons. The van der Waals surface area contributed by atoms with Gasteiger partial charge in [-0.15, -0.1) is 0 Å². The Kier molecular flexibility index (Phi) is 4.85. The lowest BCUT2D eigenvalue weighted by molar-refractivity contribution is -0.186. The van der Waals surface area contributed by atoms with Crippen LogP contribution < -0.4 is 5.48 Å². The van der Waals surface area contributed by atoms with Gasteiger partial charge in [-0.3, -0.25) is 9.59 Å². The van der Waals surface area contributed by atoms with E-state index in [9.17, 15) is 9.59 Å². The summed E-state index contributed by atoms with van der Waals surface area (Å²) in [5, 5.41) is 0. The van der Waals surface area contributed by atoms with Gasteiger partial charge in [0.1, 0.15) is 0 Å². The number of hydroxylamine groups is 1. The fourth-order valence-corrected chi connectivity index (χ4v) is 2.39. The van der Waals surface area contributed by atoms with Crippen molar-refractivity contribution in [3.05, 3.63) is 59.4 Å². The SMILES string of the molecule is O=C(NO[C@H]1CCCCO1)c1ccc(C(=O)c2cc[nH]c2)cc1. The fourth-order valence-electron chi connectivity index (χ4n) is 2.39. The minimum atomic E-state index is -0.387. The summed E-state index contributed by atoms with van der Waals surface area (Å²) in [6, 6.07) is 8.16. The van der Waals surface area contributed by atoms with Crippen LogP contribution in [0.15, 0.2) is 42.7 Å². The summed E-state index contributed by atoms with van der Waals surface area (Å²) in [6.45, 7) is 0.649. The Balaban J connectivity index is 1.58. The molecule has 1 saturated heterocycles. The topological polar surface area (TPSA) is 80.4 Å². The molecule has 1 atom stereocenters. The predicted octanol–water partition coefficient (Wildman–Crippen LogP) is 2.43. The third kappa shape index (κ3) is 3.85. The van der Waals surface area contributed by atoms with Crippen molar-refractivity contribution >= 4 is 11.7 Å². The zero-order valence-corrected chi connectivity index (χ0v) is 12.6. The van der Waals surface area contributed by atoms with E-state index in [1.807, 2.05) is 0 Å². The highest BCUT2D eigenvalue weighted by Crippen LogP contribution is 2.13. The van der Waals surface area contributed by atoms with E-state index in [0.717, 1.165) is 19.3 Å². The van der Waals surface area contributed by atoms with Gasteiger partial charge in [0.15, 0.2) is 12.1 Å². The standard InChI is InChI=1S/C17H18N2O4/c20-16(14-8-9-18-11-14)12-4-6-13(7-5-12)17(21)19-23-15-3-1-2-10-22-15/h4-9,11,15,18H,1-3,10H2,(H,19,21)/t15-/m0/s1. The number of rotatable bonds is 5. The van der Waals surface area contributed by atoms with Gasteiger partial charge in [-0.2, -0.15) is 0 Å². The molecule has 6 heteroatoms. The monoisotopic (exact) mass is 314 g/mol. The Morgan fingerprint density at radius 2 is 1.87 bits per heavy atom. The molecule has 23 heavy (non-hydrogen) atoms. The molecule has 1 aromatic heterocycles. The summed E-state index contributed by atoms with van der Waals surface area (Å²) >= 11 is 0. The number of ketones is 1. The molecule has 0 unspecified atom stereocenters. The first-order valence-corrected chi connectivity index (χ1v) is 7.59.